The molecule has 0 bridgehead atoms. The summed E-state index contributed by atoms with van der Waals surface area (Å²) in [4.78, 5) is 14.6. The normalized spacial score (nSPS) is 13.0. The van der Waals surface area contributed by atoms with Crippen LogP contribution in [-0.4, -0.2) is 15.0 Å². The zero-order chi connectivity index (χ0) is 37.8. The van der Waals surface area contributed by atoms with Crippen molar-refractivity contribution in [2.75, 3.05) is 0 Å². The van der Waals surface area contributed by atoms with Crippen LogP contribution < -0.4 is 0 Å². The lowest BCUT2D eigenvalue weighted by molar-refractivity contribution is 1.07. The second-order valence-electron chi connectivity index (χ2n) is 11.6. The zero-order valence-electron chi connectivity index (χ0n) is 32.0. The minimum absolute atomic E-state index is 0.0596. The fourth-order valence-electron chi connectivity index (χ4n) is 6.01. The fraction of sp³-hybridized carbons (Fsp3) is 0. The van der Waals surface area contributed by atoms with Gasteiger partial charge in [0.2, 0.25) is 0 Å². The van der Waals surface area contributed by atoms with E-state index in [0.29, 0.717) is 42.9 Å². The monoisotopic (exact) mass is 649 g/mol. The molecule has 0 atom stereocenters. The second-order valence-corrected chi connectivity index (χ2v) is 12.6. The summed E-state index contributed by atoms with van der Waals surface area (Å²) in [6.45, 7) is 0. The average Bonchev–Trinajstić information content (AvgIpc) is 3.64. The molecular weight excluding hydrogens is 615 g/mol. The lowest BCUT2D eigenvalue weighted by Gasteiger charge is -2.10. The van der Waals surface area contributed by atoms with E-state index in [1.54, 1.807) is 0 Å². The smallest absolute Gasteiger partial charge is 0.164 e. The largest absolute Gasteiger partial charge is 0.208 e. The molecule has 4 heteroatoms. The van der Waals surface area contributed by atoms with Gasteiger partial charge in [-0.15, -0.1) is 11.3 Å². The van der Waals surface area contributed by atoms with E-state index in [1.165, 1.54) is 0 Å². The molecule has 0 N–H and O–H groups in total. The third-order valence-electron chi connectivity index (χ3n) is 8.49. The fourth-order valence-corrected chi connectivity index (χ4v) is 7.03. The lowest BCUT2D eigenvalue weighted by Crippen LogP contribution is -2.00. The SMILES string of the molecule is [2H]c1c([2H])c(-c2ccccc2)c2c(sc3c([2H])c(-c4nc(-c5ccc(-c6ccccc6)cc5)nc(-c5ccc(-c6ccccc6)cc5)n4)c([2H])c([2H])c32)c1[2H]. The van der Waals surface area contributed by atoms with Crippen molar-refractivity contribution in [3.8, 4) is 67.5 Å². The highest BCUT2D eigenvalue weighted by Gasteiger charge is 2.16. The molecular formula is C45H29N3S. The summed E-state index contributed by atoms with van der Waals surface area (Å²) >= 11 is 1.13. The van der Waals surface area contributed by atoms with Crippen LogP contribution in [0, 0.1) is 0 Å². The predicted molar refractivity (Wildman–Crippen MR) is 205 cm³/mol. The Morgan fingerprint density at radius 1 is 0.388 bits per heavy atom. The molecule has 0 saturated carbocycles. The van der Waals surface area contributed by atoms with Gasteiger partial charge in [0.05, 0.1) is 8.22 Å². The number of aromatic nitrogens is 3. The average molecular weight is 650 g/mol. The number of hydrogen-bond donors (Lipinski definition) is 0. The molecule has 0 unspecified atom stereocenters. The maximum absolute atomic E-state index is 9.55. The number of rotatable bonds is 6. The van der Waals surface area contributed by atoms with E-state index < -0.39 is 0 Å². The molecule has 2 aromatic heterocycles. The Kier molecular flexibility index (Phi) is 5.87. The van der Waals surface area contributed by atoms with Crippen LogP contribution in [0.1, 0.15) is 8.22 Å². The van der Waals surface area contributed by atoms with E-state index in [4.69, 9.17) is 19.1 Å². The maximum atomic E-state index is 9.55. The van der Waals surface area contributed by atoms with Crippen molar-refractivity contribution in [2.45, 2.75) is 0 Å². The molecule has 0 saturated heterocycles. The van der Waals surface area contributed by atoms with Crippen LogP contribution in [0.25, 0.3) is 87.7 Å². The summed E-state index contributed by atoms with van der Waals surface area (Å²) in [5.74, 6) is 0.788. The summed E-state index contributed by atoms with van der Waals surface area (Å²) in [5.41, 5.74) is 6.78. The van der Waals surface area contributed by atoms with Gasteiger partial charge in [0.25, 0.3) is 0 Å². The Hall–Kier alpha value is -6.23. The van der Waals surface area contributed by atoms with Crippen LogP contribution in [0.3, 0.4) is 0 Å². The van der Waals surface area contributed by atoms with Gasteiger partial charge in [-0.05, 0) is 45.5 Å². The van der Waals surface area contributed by atoms with Gasteiger partial charge in [0, 0.05) is 36.9 Å². The van der Waals surface area contributed by atoms with Crippen LogP contribution in [-0.2, 0) is 0 Å². The first-order chi connectivity index (χ1) is 26.8. The van der Waals surface area contributed by atoms with Gasteiger partial charge in [0.1, 0.15) is 0 Å². The van der Waals surface area contributed by atoms with Crippen LogP contribution in [0.5, 0.6) is 0 Å². The molecule has 9 aromatic rings. The second kappa shape index (κ2) is 12.4. The first kappa shape index (κ1) is 23.2. The van der Waals surface area contributed by atoms with E-state index in [9.17, 15) is 4.11 Å². The highest BCUT2D eigenvalue weighted by atomic mass is 32.1. The van der Waals surface area contributed by atoms with Crippen LogP contribution in [0.4, 0.5) is 0 Å². The molecule has 9 rings (SSSR count). The third-order valence-corrected chi connectivity index (χ3v) is 9.52. The van der Waals surface area contributed by atoms with Gasteiger partial charge in [-0.1, -0.05) is 164 Å². The summed E-state index contributed by atoms with van der Waals surface area (Å²) in [6.07, 6.45) is 0. The van der Waals surface area contributed by atoms with Gasteiger partial charge >= 0.3 is 0 Å². The van der Waals surface area contributed by atoms with Gasteiger partial charge in [0.15, 0.2) is 17.5 Å². The molecule has 0 aliphatic heterocycles. The summed E-state index contributed by atoms with van der Waals surface area (Å²) in [6, 6.07) is 44.1. The van der Waals surface area contributed by atoms with Crippen molar-refractivity contribution in [1.82, 2.24) is 15.0 Å². The predicted octanol–water partition coefficient (Wildman–Crippen LogP) is 12.2. The summed E-state index contributed by atoms with van der Waals surface area (Å²) in [7, 11) is 0. The van der Waals surface area contributed by atoms with Crippen LogP contribution in [0.2, 0.25) is 0 Å². The molecule has 230 valence electrons. The first-order valence-corrected chi connectivity index (χ1v) is 16.7. The highest BCUT2D eigenvalue weighted by Crippen LogP contribution is 2.41. The molecule has 0 radical (unpaired) electrons. The summed E-state index contributed by atoms with van der Waals surface area (Å²) in [5, 5.41) is 0.742. The minimum Gasteiger partial charge on any atom is -0.208 e. The Labute approximate surface area is 297 Å². The number of hydrogen-bond acceptors (Lipinski definition) is 4. The topological polar surface area (TPSA) is 38.7 Å². The molecule has 2 heterocycles. The standard InChI is InChI=1S/C45H29N3S/c1-4-11-30(12-5-1)32-19-23-35(24-20-32)43-46-44(36-25-21-33(22-26-36)31-13-6-2-7-14-31)48-45(47-43)37-27-28-39-41(29-37)49-40-18-10-17-38(42(39)40)34-15-8-3-9-16-34/h1-29H/i10D,17D,18D,27D,28D,29D. The van der Waals surface area contributed by atoms with E-state index in [0.717, 1.165) is 44.7 Å². The molecule has 0 aliphatic rings. The Morgan fingerprint density at radius 3 is 1.37 bits per heavy atom. The molecule has 3 nitrogen and oxygen atoms in total. The van der Waals surface area contributed by atoms with E-state index in [2.05, 4.69) is 0 Å². The van der Waals surface area contributed by atoms with E-state index >= 15 is 0 Å². The lowest BCUT2D eigenvalue weighted by atomic mass is 9.99. The quantitative estimate of drug-likeness (QED) is 0.180. The van der Waals surface area contributed by atoms with Crippen molar-refractivity contribution in [2.24, 2.45) is 0 Å². The highest BCUT2D eigenvalue weighted by molar-refractivity contribution is 7.26. The van der Waals surface area contributed by atoms with E-state index in [1.807, 2.05) is 140 Å². The van der Waals surface area contributed by atoms with Crippen molar-refractivity contribution in [3.05, 3.63) is 176 Å². The minimum atomic E-state index is -0.244. The van der Waals surface area contributed by atoms with Crippen molar-refractivity contribution in [3.63, 3.8) is 0 Å². The van der Waals surface area contributed by atoms with Crippen LogP contribution in [0.15, 0.2) is 176 Å². The van der Waals surface area contributed by atoms with Crippen molar-refractivity contribution >= 4 is 31.5 Å². The van der Waals surface area contributed by atoms with E-state index in [-0.39, 0.29) is 47.6 Å². The number of nitrogens with zero attached hydrogens (tertiary/aromatic N) is 3. The number of thiophene rings is 1. The Morgan fingerprint density at radius 2 is 0.837 bits per heavy atom. The molecule has 49 heavy (non-hydrogen) atoms. The molecule has 0 aliphatic carbocycles. The van der Waals surface area contributed by atoms with Gasteiger partial charge in [-0.2, -0.15) is 0 Å². The Bertz CT molecular complexity index is 2800. The maximum Gasteiger partial charge on any atom is 0.164 e. The van der Waals surface area contributed by atoms with Gasteiger partial charge in [-0.25, -0.2) is 15.0 Å². The van der Waals surface area contributed by atoms with Crippen molar-refractivity contribution in [1.29, 1.82) is 0 Å². The Balaban J connectivity index is 1.26. The number of benzene rings is 7. The molecule has 0 fully saturated rings. The van der Waals surface area contributed by atoms with Gasteiger partial charge < -0.3 is 0 Å². The third kappa shape index (κ3) is 5.58. The molecule has 0 amide bonds. The van der Waals surface area contributed by atoms with Crippen LogP contribution >= 0.6 is 11.3 Å². The molecule has 7 aromatic carbocycles. The number of fused-ring (bicyclic) bond motifs is 3. The van der Waals surface area contributed by atoms with Gasteiger partial charge in [-0.3, -0.25) is 0 Å². The van der Waals surface area contributed by atoms with Crippen molar-refractivity contribution < 1.29 is 8.22 Å². The first-order valence-electron chi connectivity index (χ1n) is 18.9. The zero-order valence-corrected chi connectivity index (χ0v) is 26.8. The summed E-state index contributed by atoms with van der Waals surface area (Å²) < 4.78 is 55.4. The molecule has 0 spiro atoms.